The molecule has 1 heterocycles. The van der Waals surface area contributed by atoms with E-state index in [1.807, 2.05) is 56.3 Å². The van der Waals surface area contributed by atoms with E-state index in [1.165, 1.54) is 12.1 Å². The molecule has 0 atom stereocenters. The third-order valence-electron chi connectivity index (χ3n) is 4.69. The number of rotatable bonds is 5. The van der Waals surface area contributed by atoms with E-state index in [0.29, 0.717) is 5.89 Å². The first-order valence-electron chi connectivity index (χ1n) is 9.43. The van der Waals surface area contributed by atoms with E-state index >= 15 is 0 Å². The summed E-state index contributed by atoms with van der Waals surface area (Å²) in [6.07, 6.45) is 5.34. The lowest BCUT2D eigenvalue weighted by Crippen LogP contribution is -1.86. The highest BCUT2D eigenvalue weighted by atomic mass is 16.6. The van der Waals surface area contributed by atoms with E-state index in [9.17, 15) is 10.1 Å². The second-order valence-corrected chi connectivity index (χ2v) is 6.98. The molecule has 0 amide bonds. The van der Waals surface area contributed by atoms with Crippen LogP contribution < -0.4 is 0 Å². The first kappa shape index (κ1) is 19.3. The molecule has 6 heteroatoms. The Labute approximate surface area is 173 Å². The van der Waals surface area contributed by atoms with Crippen LogP contribution in [0.25, 0.3) is 28.6 Å². The van der Waals surface area contributed by atoms with Crippen molar-refractivity contribution in [1.29, 1.82) is 0 Å². The van der Waals surface area contributed by atoms with E-state index in [-0.39, 0.29) is 5.69 Å². The summed E-state index contributed by atoms with van der Waals surface area (Å²) in [4.78, 5) is 19.4. The Hall–Kier alpha value is -4.06. The summed E-state index contributed by atoms with van der Waals surface area (Å²) in [5.41, 5.74) is 6.37. The zero-order valence-electron chi connectivity index (χ0n) is 16.6. The van der Waals surface area contributed by atoms with Gasteiger partial charge in [-0.2, -0.15) is 0 Å². The van der Waals surface area contributed by atoms with Crippen molar-refractivity contribution in [1.82, 2.24) is 4.98 Å². The number of non-ortho nitro benzene ring substituents is 1. The third kappa shape index (κ3) is 4.17. The number of oxazole rings is 1. The fourth-order valence-corrected chi connectivity index (χ4v) is 3.03. The highest BCUT2D eigenvalue weighted by Gasteiger charge is 2.10. The molecule has 1 aromatic heterocycles. The molecule has 0 N–H and O–H groups in total. The molecule has 0 bridgehead atoms. The fraction of sp³-hybridized carbons (Fsp3) is 0.0833. The number of allylic oxidation sites excluding steroid dienone is 1. The van der Waals surface area contributed by atoms with Crippen molar-refractivity contribution in [2.24, 2.45) is 4.99 Å². The molecule has 0 aliphatic heterocycles. The number of hydrogen-bond donors (Lipinski definition) is 0. The normalized spacial score (nSPS) is 11.7. The first-order valence-corrected chi connectivity index (χ1v) is 9.43. The molecule has 30 heavy (non-hydrogen) atoms. The number of aliphatic imine (C=N–C) groups is 1. The molecule has 0 fully saturated rings. The van der Waals surface area contributed by atoms with Crippen molar-refractivity contribution in [2.45, 2.75) is 13.8 Å². The monoisotopic (exact) mass is 397 g/mol. The van der Waals surface area contributed by atoms with Crippen molar-refractivity contribution >= 4 is 34.8 Å². The largest absolute Gasteiger partial charge is 0.436 e. The van der Waals surface area contributed by atoms with Crippen LogP contribution in [0.15, 0.2) is 76.1 Å². The fourth-order valence-electron chi connectivity index (χ4n) is 3.03. The molecular formula is C24H19N3O3. The predicted octanol–water partition coefficient (Wildman–Crippen LogP) is 6.44. The van der Waals surface area contributed by atoms with E-state index in [4.69, 9.17) is 4.42 Å². The van der Waals surface area contributed by atoms with Gasteiger partial charge in [-0.15, -0.1) is 0 Å². The van der Waals surface area contributed by atoms with Crippen molar-refractivity contribution in [2.75, 3.05) is 0 Å². The molecule has 148 valence electrons. The van der Waals surface area contributed by atoms with Gasteiger partial charge in [0.2, 0.25) is 5.89 Å². The van der Waals surface area contributed by atoms with Gasteiger partial charge in [-0.1, -0.05) is 18.2 Å². The van der Waals surface area contributed by atoms with Gasteiger partial charge >= 0.3 is 0 Å². The molecule has 0 aliphatic carbocycles. The van der Waals surface area contributed by atoms with Gasteiger partial charge in [-0.25, -0.2) is 4.98 Å². The number of benzene rings is 3. The Bertz CT molecular complexity index is 1290. The molecule has 0 saturated heterocycles. The number of hydrogen-bond acceptors (Lipinski definition) is 5. The minimum absolute atomic E-state index is 0.0719. The molecule has 6 nitrogen and oxygen atoms in total. The Kier molecular flexibility index (Phi) is 5.22. The summed E-state index contributed by atoms with van der Waals surface area (Å²) >= 11 is 0. The van der Waals surface area contributed by atoms with Crippen LogP contribution in [0.3, 0.4) is 0 Å². The molecule has 0 aliphatic rings. The Morgan fingerprint density at radius 3 is 2.60 bits per heavy atom. The zero-order chi connectivity index (χ0) is 21.1. The first-order chi connectivity index (χ1) is 14.5. The maximum absolute atomic E-state index is 10.7. The van der Waals surface area contributed by atoms with Gasteiger partial charge in [0, 0.05) is 23.9 Å². The summed E-state index contributed by atoms with van der Waals surface area (Å²) < 4.78 is 5.89. The molecule has 0 saturated carbocycles. The highest BCUT2D eigenvalue weighted by molar-refractivity contribution is 5.82. The van der Waals surface area contributed by atoms with E-state index in [0.717, 1.165) is 39.0 Å². The van der Waals surface area contributed by atoms with Crippen LogP contribution in [0.5, 0.6) is 0 Å². The number of aryl methyl sites for hydroxylation is 2. The van der Waals surface area contributed by atoms with E-state index < -0.39 is 4.92 Å². The molecule has 4 aromatic rings. The van der Waals surface area contributed by atoms with Gasteiger partial charge in [0.05, 0.1) is 10.6 Å². The summed E-state index contributed by atoms with van der Waals surface area (Å²) in [5.74, 6) is 0.563. The Morgan fingerprint density at radius 1 is 1.03 bits per heavy atom. The summed E-state index contributed by atoms with van der Waals surface area (Å²) in [6, 6.07) is 18.2. The molecule has 0 unspecified atom stereocenters. The number of nitro benzene ring substituents is 1. The number of nitro groups is 1. The van der Waals surface area contributed by atoms with Crippen LogP contribution >= 0.6 is 0 Å². The maximum Gasteiger partial charge on any atom is 0.269 e. The Morgan fingerprint density at radius 2 is 1.83 bits per heavy atom. The average molecular weight is 397 g/mol. The van der Waals surface area contributed by atoms with Gasteiger partial charge in [-0.05, 0) is 73.0 Å². The standard InChI is InChI=1S/C24H19N3O3/c1-16-5-12-23-22(14-16)26-24(30-23)19-9-6-17(2)21(15-19)25-13-3-4-18-7-10-20(11-8-18)27(28)29/h3-15H,1-2H3/b4-3+,25-13?. The molecule has 0 spiro atoms. The van der Waals surface area contributed by atoms with Crippen molar-refractivity contribution in [3.63, 3.8) is 0 Å². The summed E-state index contributed by atoms with van der Waals surface area (Å²) in [7, 11) is 0. The van der Waals surface area contributed by atoms with E-state index in [2.05, 4.69) is 9.98 Å². The van der Waals surface area contributed by atoms with Crippen LogP contribution in [-0.2, 0) is 0 Å². The second kappa shape index (κ2) is 8.13. The van der Waals surface area contributed by atoms with Gasteiger partial charge in [0.25, 0.3) is 5.69 Å². The van der Waals surface area contributed by atoms with Crippen LogP contribution in [0.2, 0.25) is 0 Å². The van der Waals surface area contributed by atoms with Crippen molar-refractivity contribution < 1.29 is 9.34 Å². The number of aromatic nitrogens is 1. The van der Waals surface area contributed by atoms with Crippen molar-refractivity contribution in [3.05, 3.63) is 93.5 Å². The summed E-state index contributed by atoms with van der Waals surface area (Å²) in [6.45, 7) is 4.02. The topological polar surface area (TPSA) is 81.5 Å². The molecule has 4 rings (SSSR count). The van der Waals surface area contributed by atoms with Crippen LogP contribution in [-0.4, -0.2) is 16.1 Å². The third-order valence-corrected chi connectivity index (χ3v) is 4.69. The minimum Gasteiger partial charge on any atom is -0.436 e. The molecule has 0 radical (unpaired) electrons. The van der Waals surface area contributed by atoms with Crippen molar-refractivity contribution in [3.8, 4) is 11.5 Å². The lowest BCUT2D eigenvalue weighted by atomic mass is 10.1. The number of fused-ring (bicyclic) bond motifs is 1. The second-order valence-electron chi connectivity index (χ2n) is 6.98. The van der Waals surface area contributed by atoms with Gasteiger partial charge in [-0.3, -0.25) is 15.1 Å². The SMILES string of the molecule is Cc1ccc2oc(-c3ccc(C)c(N=C/C=C/c4ccc([N+](=O)[O-])cc4)c3)nc2c1. The molecular weight excluding hydrogens is 378 g/mol. The van der Waals surface area contributed by atoms with E-state index in [1.54, 1.807) is 24.4 Å². The predicted molar refractivity (Wildman–Crippen MR) is 119 cm³/mol. The van der Waals surface area contributed by atoms with Crippen LogP contribution in [0, 0.1) is 24.0 Å². The lowest BCUT2D eigenvalue weighted by molar-refractivity contribution is -0.384. The number of nitrogens with zero attached hydrogens (tertiary/aromatic N) is 3. The van der Waals surface area contributed by atoms with Gasteiger partial charge in [0.15, 0.2) is 5.58 Å². The smallest absolute Gasteiger partial charge is 0.269 e. The average Bonchev–Trinajstić information content (AvgIpc) is 3.16. The molecule has 3 aromatic carbocycles. The highest BCUT2D eigenvalue weighted by Crippen LogP contribution is 2.29. The van der Waals surface area contributed by atoms with Gasteiger partial charge in [0.1, 0.15) is 5.52 Å². The Balaban J connectivity index is 1.54. The quantitative estimate of drug-likeness (QED) is 0.220. The zero-order valence-corrected chi connectivity index (χ0v) is 16.6. The summed E-state index contributed by atoms with van der Waals surface area (Å²) in [5, 5.41) is 10.7. The minimum atomic E-state index is -0.414. The van der Waals surface area contributed by atoms with Crippen LogP contribution in [0.4, 0.5) is 11.4 Å². The lowest BCUT2D eigenvalue weighted by Gasteiger charge is -2.02. The maximum atomic E-state index is 10.7. The van der Waals surface area contributed by atoms with Crippen LogP contribution in [0.1, 0.15) is 16.7 Å². The van der Waals surface area contributed by atoms with Gasteiger partial charge < -0.3 is 4.42 Å².